The summed E-state index contributed by atoms with van der Waals surface area (Å²) < 4.78 is 8.14. The molecular weight excluding hydrogens is 393 g/mol. The molecule has 1 saturated carbocycles. The maximum absolute atomic E-state index is 12.1. The highest BCUT2D eigenvalue weighted by atomic mass is 127. The van der Waals surface area contributed by atoms with Crippen LogP contribution in [0.15, 0.2) is 23.0 Å². The number of methoxy groups -OCH3 is 1. The number of halogens is 1. The van der Waals surface area contributed by atoms with Crippen molar-refractivity contribution in [3.63, 3.8) is 0 Å². The average Bonchev–Trinajstić information content (AvgIpc) is 2.53. The number of aryl methyl sites for hydroxylation is 1. The smallest absolute Gasteiger partial charge is 0.349 e. The maximum Gasteiger partial charge on any atom is 0.349 e. The molecule has 22 heavy (non-hydrogen) atoms. The second-order valence-corrected chi connectivity index (χ2v) is 7.06. The van der Waals surface area contributed by atoms with Crippen LogP contribution in [0.5, 0.6) is 0 Å². The lowest BCUT2D eigenvalue weighted by molar-refractivity contribution is 0.0681. The fourth-order valence-electron chi connectivity index (χ4n) is 3.07. The predicted molar refractivity (Wildman–Crippen MR) is 96.4 cm³/mol. The summed E-state index contributed by atoms with van der Waals surface area (Å²) in [5, 5.41) is 4.48. The lowest BCUT2D eigenvalue weighted by Crippen LogP contribution is -2.31. The van der Waals surface area contributed by atoms with Gasteiger partial charge in [-0.2, -0.15) is 4.98 Å². The van der Waals surface area contributed by atoms with Crippen molar-refractivity contribution in [1.82, 2.24) is 9.55 Å². The zero-order chi connectivity index (χ0) is 15.7. The molecule has 1 aliphatic carbocycles. The zero-order valence-electron chi connectivity index (χ0n) is 12.8. The summed E-state index contributed by atoms with van der Waals surface area (Å²) in [5.74, 6) is 0.706. The van der Waals surface area contributed by atoms with Crippen LogP contribution in [0.1, 0.15) is 25.7 Å². The summed E-state index contributed by atoms with van der Waals surface area (Å²) in [6, 6.07) is 6.42. The number of ether oxygens (including phenoxy) is 1. The molecule has 0 spiro atoms. The van der Waals surface area contributed by atoms with Crippen LogP contribution in [0.4, 0.5) is 5.82 Å². The molecule has 1 aromatic heterocycles. The van der Waals surface area contributed by atoms with E-state index in [1.165, 1.54) is 0 Å². The number of nitrogens with one attached hydrogen (secondary N) is 1. The number of rotatable bonds is 3. The Kier molecular flexibility index (Phi) is 4.67. The predicted octanol–water partition coefficient (Wildman–Crippen LogP) is 2.91. The number of aromatic nitrogens is 2. The van der Waals surface area contributed by atoms with Gasteiger partial charge in [-0.3, -0.25) is 4.57 Å². The van der Waals surface area contributed by atoms with Crippen molar-refractivity contribution < 1.29 is 4.74 Å². The van der Waals surface area contributed by atoms with Gasteiger partial charge in [-0.1, -0.05) is 0 Å². The molecule has 1 N–H and O–H groups in total. The molecular formula is C16H20IN3O2. The summed E-state index contributed by atoms with van der Waals surface area (Å²) in [6.07, 6.45) is 4.55. The summed E-state index contributed by atoms with van der Waals surface area (Å²) in [7, 11) is 3.54. The van der Waals surface area contributed by atoms with Crippen LogP contribution in [0.3, 0.4) is 0 Å². The van der Waals surface area contributed by atoms with Crippen molar-refractivity contribution in [2.24, 2.45) is 7.05 Å². The van der Waals surface area contributed by atoms with Gasteiger partial charge in [-0.05, 0) is 66.5 Å². The maximum atomic E-state index is 12.1. The first kappa shape index (κ1) is 15.7. The second kappa shape index (κ2) is 6.54. The molecule has 2 aromatic rings. The molecule has 0 aliphatic heterocycles. The van der Waals surface area contributed by atoms with E-state index in [9.17, 15) is 4.79 Å². The number of anilines is 1. The Morgan fingerprint density at radius 2 is 2.05 bits per heavy atom. The Morgan fingerprint density at radius 1 is 1.32 bits per heavy atom. The molecule has 0 radical (unpaired) electrons. The van der Waals surface area contributed by atoms with E-state index in [0.717, 1.165) is 40.2 Å². The molecule has 1 fully saturated rings. The van der Waals surface area contributed by atoms with E-state index >= 15 is 0 Å². The van der Waals surface area contributed by atoms with Crippen LogP contribution in [-0.2, 0) is 11.8 Å². The third-order valence-corrected chi connectivity index (χ3v) is 5.09. The molecule has 0 atom stereocenters. The van der Waals surface area contributed by atoms with Crippen LogP contribution in [0.2, 0.25) is 0 Å². The minimum Gasteiger partial charge on any atom is -0.381 e. The molecule has 1 heterocycles. The minimum atomic E-state index is -0.221. The molecule has 0 unspecified atom stereocenters. The molecule has 3 rings (SSSR count). The normalized spacial score (nSPS) is 22.0. The van der Waals surface area contributed by atoms with Crippen molar-refractivity contribution in [3.8, 4) is 0 Å². The van der Waals surface area contributed by atoms with Crippen molar-refractivity contribution >= 4 is 39.3 Å². The molecule has 0 bridgehead atoms. The summed E-state index contributed by atoms with van der Waals surface area (Å²) in [5.41, 5.74) is 0.690. The molecule has 0 saturated heterocycles. The highest BCUT2D eigenvalue weighted by molar-refractivity contribution is 14.1. The van der Waals surface area contributed by atoms with E-state index in [-0.39, 0.29) is 5.69 Å². The van der Waals surface area contributed by atoms with Crippen LogP contribution in [0, 0.1) is 3.57 Å². The number of nitrogens with zero attached hydrogens (tertiary/aromatic N) is 2. The Balaban J connectivity index is 1.92. The molecule has 0 amide bonds. The van der Waals surface area contributed by atoms with Crippen LogP contribution < -0.4 is 11.0 Å². The van der Waals surface area contributed by atoms with Gasteiger partial charge in [0.25, 0.3) is 0 Å². The molecule has 1 aliphatic rings. The van der Waals surface area contributed by atoms with E-state index in [0.29, 0.717) is 18.0 Å². The van der Waals surface area contributed by atoms with Gasteiger partial charge in [0.15, 0.2) is 0 Å². The van der Waals surface area contributed by atoms with Gasteiger partial charge in [0.1, 0.15) is 5.82 Å². The van der Waals surface area contributed by atoms with Gasteiger partial charge in [-0.15, -0.1) is 0 Å². The highest BCUT2D eigenvalue weighted by Gasteiger charge is 2.22. The second-order valence-electron chi connectivity index (χ2n) is 5.82. The zero-order valence-corrected chi connectivity index (χ0v) is 15.0. The van der Waals surface area contributed by atoms with E-state index < -0.39 is 0 Å². The number of fused-ring (bicyclic) bond motifs is 1. The van der Waals surface area contributed by atoms with Crippen molar-refractivity contribution in [2.75, 3.05) is 12.4 Å². The number of hydrogen-bond acceptors (Lipinski definition) is 4. The van der Waals surface area contributed by atoms with Gasteiger partial charge < -0.3 is 10.1 Å². The fraction of sp³-hybridized carbons (Fsp3) is 0.500. The summed E-state index contributed by atoms with van der Waals surface area (Å²) >= 11 is 2.28. The quantitative estimate of drug-likeness (QED) is 0.787. The van der Waals surface area contributed by atoms with Gasteiger partial charge in [-0.25, -0.2) is 4.79 Å². The van der Waals surface area contributed by atoms with Gasteiger partial charge in [0, 0.05) is 29.2 Å². The number of hydrogen-bond donors (Lipinski definition) is 1. The van der Waals surface area contributed by atoms with Crippen molar-refractivity contribution in [3.05, 3.63) is 32.3 Å². The van der Waals surface area contributed by atoms with E-state index in [2.05, 4.69) is 39.0 Å². The Morgan fingerprint density at radius 3 is 2.73 bits per heavy atom. The van der Waals surface area contributed by atoms with E-state index in [1.807, 2.05) is 12.1 Å². The lowest BCUT2D eigenvalue weighted by Gasteiger charge is -2.28. The third-order valence-electron chi connectivity index (χ3n) is 4.42. The largest absolute Gasteiger partial charge is 0.381 e. The van der Waals surface area contributed by atoms with Gasteiger partial charge in [0.2, 0.25) is 0 Å². The Bertz CT molecular complexity index is 736. The average molecular weight is 413 g/mol. The fourth-order valence-corrected chi connectivity index (χ4v) is 3.56. The van der Waals surface area contributed by atoms with Crippen LogP contribution in [-0.4, -0.2) is 28.8 Å². The van der Waals surface area contributed by atoms with Gasteiger partial charge >= 0.3 is 5.69 Å². The lowest BCUT2D eigenvalue weighted by atomic mass is 9.93. The molecule has 5 nitrogen and oxygen atoms in total. The number of benzene rings is 1. The third kappa shape index (κ3) is 3.12. The van der Waals surface area contributed by atoms with E-state index in [4.69, 9.17) is 4.74 Å². The van der Waals surface area contributed by atoms with E-state index in [1.54, 1.807) is 18.7 Å². The topological polar surface area (TPSA) is 56.1 Å². The van der Waals surface area contributed by atoms with Crippen molar-refractivity contribution in [2.45, 2.75) is 37.8 Å². The Labute approximate surface area is 143 Å². The van der Waals surface area contributed by atoms with Crippen molar-refractivity contribution in [1.29, 1.82) is 0 Å². The van der Waals surface area contributed by atoms with Crippen LogP contribution in [0.25, 0.3) is 10.9 Å². The molecule has 6 heteroatoms. The minimum absolute atomic E-state index is 0.221. The highest BCUT2D eigenvalue weighted by Crippen LogP contribution is 2.27. The first-order valence-electron chi connectivity index (χ1n) is 7.54. The standard InChI is InChI=1S/C16H20IN3O2/c1-20-14-8-3-10(17)9-13(14)15(19-16(20)21)18-11-4-6-12(22-2)7-5-11/h3,8-9,11-12H,4-7H2,1-2H3,(H,18,19,21). The molecule has 1 aromatic carbocycles. The van der Waals surface area contributed by atoms with Crippen LogP contribution >= 0.6 is 22.6 Å². The SMILES string of the molecule is COC1CCC(Nc2nc(=O)n(C)c3ccc(I)cc23)CC1. The first-order valence-corrected chi connectivity index (χ1v) is 8.62. The monoisotopic (exact) mass is 413 g/mol. The molecule has 118 valence electrons. The Hall–Kier alpha value is -1.15. The summed E-state index contributed by atoms with van der Waals surface area (Å²) in [6.45, 7) is 0. The summed E-state index contributed by atoms with van der Waals surface area (Å²) in [4.78, 5) is 16.3. The first-order chi connectivity index (χ1) is 10.6. The van der Waals surface area contributed by atoms with Gasteiger partial charge in [0.05, 0.1) is 11.6 Å².